The Kier molecular flexibility index (Phi) is 3.95. The van der Waals surface area contributed by atoms with Crippen LogP contribution in [-0.2, 0) is 4.74 Å². The summed E-state index contributed by atoms with van der Waals surface area (Å²) in [6.45, 7) is 4.40. The summed E-state index contributed by atoms with van der Waals surface area (Å²) in [5, 5.41) is 12.4. The second-order valence-corrected chi connectivity index (χ2v) is 5.35. The fourth-order valence-corrected chi connectivity index (χ4v) is 2.29. The number of hydrogen-bond acceptors (Lipinski definition) is 4. The summed E-state index contributed by atoms with van der Waals surface area (Å²) < 4.78 is 5.36. The predicted molar refractivity (Wildman–Crippen MR) is 74.5 cm³/mol. The number of carboxylic acid groups (broad SMARTS) is 1. The van der Waals surface area contributed by atoms with Crippen molar-refractivity contribution in [2.75, 3.05) is 30.8 Å². The number of nitrogen functional groups attached to an aromatic ring is 1. The van der Waals surface area contributed by atoms with Crippen LogP contribution in [-0.4, -0.2) is 30.8 Å². The third-order valence-electron chi connectivity index (χ3n) is 3.72. The van der Waals surface area contributed by atoms with E-state index in [4.69, 9.17) is 10.5 Å². The van der Waals surface area contributed by atoms with Gasteiger partial charge in [0.1, 0.15) is 0 Å². The van der Waals surface area contributed by atoms with Gasteiger partial charge in [-0.1, -0.05) is 13.0 Å². The Bertz CT molecular complexity index is 468. The number of ether oxygens (including phenoxy) is 1. The summed E-state index contributed by atoms with van der Waals surface area (Å²) in [6, 6.07) is 4.93. The molecule has 0 saturated carbocycles. The number of hydrogen-bond donors (Lipinski definition) is 3. The van der Waals surface area contributed by atoms with Crippen LogP contribution in [0.25, 0.3) is 0 Å². The van der Waals surface area contributed by atoms with Gasteiger partial charge in [-0.15, -0.1) is 0 Å². The van der Waals surface area contributed by atoms with Crippen LogP contribution in [0.3, 0.4) is 0 Å². The first-order valence-electron chi connectivity index (χ1n) is 6.45. The van der Waals surface area contributed by atoms with Crippen molar-refractivity contribution < 1.29 is 14.6 Å². The van der Waals surface area contributed by atoms with Crippen molar-refractivity contribution >= 4 is 17.3 Å². The number of para-hydroxylation sites is 1. The molecule has 1 aromatic carbocycles. The van der Waals surface area contributed by atoms with Gasteiger partial charge >= 0.3 is 5.97 Å². The molecule has 0 atom stereocenters. The molecule has 1 aromatic rings. The third-order valence-corrected chi connectivity index (χ3v) is 3.72. The normalized spacial score (nSPS) is 17.9. The maximum Gasteiger partial charge on any atom is 0.337 e. The summed E-state index contributed by atoms with van der Waals surface area (Å²) in [5.41, 5.74) is 7.19. The zero-order chi connectivity index (χ0) is 13.9. The van der Waals surface area contributed by atoms with Crippen LogP contribution in [0.5, 0.6) is 0 Å². The van der Waals surface area contributed by atoms with E-state index in [2.05, 4.69) is 12.2 Å². The lowest BCUT2D eigenvalue weighted by Gasteiger charge is -2.34. The smallest absolute Gasteiger partial charge is 0.337 e. The number of benzene rings is 1. The van der Waals surface area contributed by atoms with E-state index in [1.165, 1.54) is 0 Å². The van der Waals surface area contributed by atoms with Crippen LogP contribution in [0, 0.1) is 5.41 Å². The summed E-state index contributed by atoms with van der Waals surface area (Å²) in [4.78, 5) is 11.2. The fraction of sp³-hybridized carbons (Fsp3) is 0.500. The number of carbonyl (C=O) groups is 1. The number of rotatable bonds is 4. The Hall–Kier alpha value is -1.75. The minimum absolute atomic E-state index is 0.121. The Morgan fingerprint density at radius 3 is 2.79 bits per heavy atom. The molecule has 5 nitrogen and oxygen atoms in total. The van der Waals surface area contributed by atoms with Crippen LogP contribution in [0.15, 0.2) is 18.2 Å². The van der Waals surface area contributed by atoms with E-state index in [1.807, 2.05) is 0 Å². The van der Waals surface area contributed by atoms with Gasteiger partial charge in [-0.3, -0.25) is 0 Å². The summed E-state index contributed by atoms with van der Waals surface area (Å²) >= 11 is 0. The van der Waals surface area contributed by atoms with Gasteiger partial charge in [0.25, 0.3) is 0 Å². The molecule has 1 heterocycles. The highest BCUT2D eigenvalue weighted by atomic mass is 16.5. The highest BCUT2D eigenvalue weighted by Gasteiger charge is 2.27. The number of aromatic carboxylic acids is 1. The van der Waals surface area contributed by atoms with Gasteiger partial charge in [0, 0.05) is 19.8 Å². The molecule has 5 heteroatoms. The largest absolute Gasteiger partial charge is 0.478 e. The first-order valence-corrected chi connectivity index (χ1v) is 6.45. The van der Waals surface area contributed by atoms with Crippen LogP contribution in [0.4, 0.5) is 11.4 Å². The van der Waals surface area contributed by atoms with Gasteiger partial charge in [0.05, 0.1) is 16.9 Å². The van der Waals surface area contributed by atoms with Gasteiger partial charge in [-0.25, -0.2) is 4.79 Å². The van der Waals surface area contributed by atoms with Gasteiger partial charge in [-0.2, -0.15) is 0 Å². The van der Waals surface area contributed by atoms with Crippen molar-refractivity contribution in [3.63, 3.8) is 0 Å². The van der Waals surface area contributed by atoms with Crippen LogP contribution >= 0.6 is 0 Å². The van der Waals surface area contributed by atoms with Crippen LogP contribution in [0.2, 0.25) is 0 Å². The van der Waals surface area contributed by atoms with Gasteiger partial charge in [0.15, 0.2) is 0 Å². The van der Waals surface area contributed by atoms with Crippen molar-refractivity contribution in [3.05, 3.63) is 23.8 Å². The fourth-order valence-electron chi connectivity index (χ4n) is 2.29. The Balaban J connectivity index is 2.12. The SMILES string of the molecule is CC1(CNc2c(N)cccc2C(=O)O)CCOCC1. The molecular formula is C14H20N2O3. The maximum atomic E-state index is 11.2. The molecule has 1 saturated heterocycles. The predicted octanol–water partition coefficient (Wildman–Crippen LogP) is 2.20. The third kappa shape index (κ3) is 3.17. The lowest BCUT2D eigenvalue weighted by Crippen LogP contribution is -2.33. The highest BCUT2D eigenvalue weighted by molar-refractivity contribution is 5.97. The lowest BCUT2D eigenvalue weighted by atomic mass is 9.82. The average Bonchev–Trinajstić information content (AvgIpc) is 2.38. The van der Waals surface area contributed by atoms with E-state index in [-0.39, 0.29) is 11.0 Å². The Morgan fingerprint density at radius 1 is 1.47 bits per heavy atom. The molecule has 0 amide bonds. The molecule has 4 N–H and O–H groups in total. The van der Waals surface area contributed by atoms with E-state index in [0.717, 1.165) is 26.1 Å². The number of carboxylic acids is 1. The van der Waals surface area contributed by atoms with E-state index >= 15 is 0 Å². The van der Waals surface area contributed by atoms with Crippen molar-refractivity contribution in [3.8, 4) is 0 Å². The van der Waals surface area contributed by atoms with Crippen molar-refractivity contribution in [1.82, 2.24) is 0 Å². The molecule has 1 aliphatic rings. The Labute approximate surface area is 112 Å². The number of anilines is 2. The summed E-state index contributed by atoms with van der Waals surface area (Å²) in [7, 11) is 0. The second kappa shape index (κ2) is 5.48. The molecule has 104 valence electrons. The van der Waals surface area contributed by atoms with Gasteiger partial charge in [-0.05, 0) is 30.4 Å². The van der Waals surface area contributed by atoms with Gasteiger partial charge in [0.2, 0.25) is 0 Å². The van der Waals surface area contributed by atoms with E-state index < -0.39 is 5.97 Å². The Morgan fingerprint density at radius 2 is 2.16 bits per heavy atom. The quantitative estimate of drug-likeness (QED) is 0.726. The van der Waals surface area contributed by atoms with Crippen molar-refractivity contribution in [1.29, 1.82) is 0 Å². The van der Waals surface area contributed by atoms with E-state index in [1.54, 1.807) is 18.2 Å². The van der Waals surface area contributed by atoms with E-state index in [0.29, 0.717) is 17.9 Å². The lowest BCUT2D eigenvalue weighted by molar-refractivity contribution is 0.0300. The number of nitrogens with one attached hydrogen (secondary N) is 1. The molecule has 19 heavy (non-hydrogen) atoms. The highest BCUT2D eigenvalue weighted by Crippen LogP contribution is 2.32. The van der Waals surface area contributed by atoms with Crippen molar-refractivity contribution in [2.24, 2.45) is 5.41 Å². The summed E-state index contributed by atoms with van der Waals surface area (Å²) in [5.74, 6) is -0.966. The van der Waals surface area contributed by atoms with E-state index in [9.17, 15) is 9.90 Å². The van der Waals surface area contributed by atoms with Crippen molar-refractivity contribution in [2.45, 2.75) is 19.8 Å². The topological polar surface area (TPSA) is 84.6 Å². The first kappa shape index (κ1) is 13.7. The maximum absolute atomic E-state index is 11.2. The molecule has 1 fully saturated rings. The molecule has 0 radical (unpaired) electrons. The molecule has 0 unspecified atom stereocenters. The monoisotopic (exact) mass is 264 g/mol. The van der Waals surface area contributed by atoms with Gasteiger partial charge < -0.3 is 20.9 Å². The van der Waals surface area contributed by atoms with Crippen LogP contribution in [0.1, 0.15) is 30.1 Å². The minimum atomic E-state index is -0.966. The molecule has 1 aliphatic heterocycles. The number of nitrogens with two attached hydrogens (primary N) is 1. The standard InChI is InChI=1S/C14H20N2O3/c1-14(5-7-19-8-6-14)9-16-12-10(13(17)18)3-2-4-11(12)15/h2-4,16H,5-9,15H2,1H3,(H,17,18). The summed E-state index contributed by atoms with van der Waals surface area (Å²) in [6.07, 6.45) is 1.93. The zero-order valence-electron chi connectivity index (χ0n) is 11.1. The first-order chi connectivity index (χ1) is 9.02. The molecule has 0 spiro atoms. The average molecular weight is 264 g/mol. The molecular weight excluding hydrogens is 244 g/mol. The molecule has 2 rings (SSSR count). The molecule has 0 bridgehead atoms. The minimum Gasteiger partial charge on any atom is -0.478 e. The second-order valence-electron chi connectivity index (χ2n) is 5.35. The zero-order valence-corrected chi connectivity index (χ0v) is 11.1. The molecule has 0 aliphatic carbocycles. The van der Waals surface area contributed by atoms with Crippen LogP contribution < -0.4 is 11.1 Å². The molecule has 0 aromatic heterocycles.